The van der Waals surface area contributed by atoms with Crippen LogP contribution in [0, 0.1) is 16.7 Å². The number of carboxylic acids is 1. The van der Waals surface area contributed by atoms with E-state index in [1.807, 2.05) is 20.8 Å². The second-order valence-corrected chi connectivity index (χ2v) is 11.4. The number of nitrogens with two attached hydrogens (primary N) is 1. The van der Waals surface area contributed by atoms with Gasteiger partial charge in [0.05, 0.1) is 16.7 Å². The molecule has 2 unspecified atom stereocenters. The molecule has 3 N–H and O–H groups in total. The summed E-state index contributed by atoms with van der Waals surface area (Å²) in [6.45, 7) is 15.9. The van der Waals surface area contributed by atoms with Crippen molar-refractivity contribution in [2.24, 2.45) is 22.5 Å². The first-order chi connectivity index (χ1) is 17.4. The summed E-state index contributed by atoms with van der Waals surface area (Å²) in [6, 6.07) is 4.50. The lowest BCUT2D eigenvalue weighted by molar-refractivity contribution is -0.156. The molecule has 214 valence electrons. The molecule has 1 aromatic rings. The minimum atomic E-state index is -1.78. The maximum absolute atomic E-state index is 12.9. The first-order valence-electron chi connectivity index (χ1n) is 13.2. The van der Waals surface area contributed by atoms with Gasteiger partial charge in [-0.3, -0.25) is 19.2 Å². The van der Waals surface area contributed by atoms with E-state index in [9.17, 15) is 24.3 Å². The number of benzene rings is 1. The maximum atomic E-state index is 12.9. The number of rotatable bonds is 14. The Morgan fingerprint density at radius 1 is 0.895 bits per heavy atom. The topological polar surface area (TPSA) is 142 Å². The van der Waals surface area contributed by atoms with Crippen LogP contribution in [0.2, 0.25) is 0 Å². The van der Waals surface area contributed by atoms with Crippen LogP contribution in [0.1, 0.15) is 93.6 Å². The molecule has 0 saturated carbocycles. The Bertz CT molecular complexity index is 1020. The van der Waals surface area contributed by atoms with Crippen LogP contribution < -0.4 is 15.2 Å². The summed E-state index contributed by atoms with van der Waals surface area (Å²) < 4.78 is 16.7. The van der Waals surface area contributed by atoms with E-state index in [-0.39, 0.29) is 30.3 Å². The molecule has 9 nitrogen and oxygen atoms in total. The third-order valence-corrected chi connectivity index (χ3v) is 7.22. The average molecular weight is 536 g/mol. The van der Waals surface area contributed by atoms with E-state index in [0.717, 1.165) is 0 Å². The van der Waals surface area contributed by atoms with Crippen molar-refractivity contribution >= 4 is 23.9 Å². The monoisotopic (exact) mass is 535 g/mol. The molecule has 9 heteroatoms. The fourth-order valence-corrected chi connectivity index (χ4v) is 3.23. The summed E-state index contributed by atoms with van der Waals surface area (Å²) in [7, 11) is 0. The first kappa shape index (κ1) is 33.1. The van der Waals surface area contributed by atoms with Gasteiger partial charge in [0.15, 0.2) is 11.5 Å². The van der Waals surface area contributed by atoms with E-state index in [2.05, 4.69) is 0 Å². The molecule has 0 radical (unpaired) electrons. The van der Waals surface area contributed by atoms with Gasteiger partial charge in [-0.05, 0) is 71.6 Å². The Balaban J connectivity index is 3.35. The third-order valence-electron chi connectivity index (χ3n) is 7.22. The van der Waals surface area contributed by atoms with E-state index in [4.69, 9.17) is 19.9 Å². The number of esters is 3. The van der Waals surface area contributed by atoms with Crippen molar-refractivity contribution in [2.75, 3.05) is 0 Å². The van der Waals surface area contributed by atoms with Crippen LogP contribution >= 0.6 is 0 Å². The van der Waals surface area contributed by atoms with Crippen molar-refractivity contribution in [2.45, 2.75) is 106 Å². The third kappa shape index (κ3) is 8.82. The van der Waals surface area contributed by atoms with Gasteiger partial charge in [0.2, 0.25) is 0 Å². The van der Waals surface area contributed by atoms with Gasteiger partial charge in [-0.2, -0.15) is 0 Å². The van der Waals surface area contributed by atoms with E-state index < -0.39 is 46.4 Å². The molecule has 0 aliphatic rings. The number of ether oxygens (including phenoxy) is 3. The zero-order chi connectivity index (χ0) is 29.5. The first-order valence-corrected chi connectivity index (χ1v) is 13.2. The summed E-state index contributed by atoms with van der Waals surface area (Å²) in [4.78, 5) is 50.0. The Morgan fingerprint density at radius 2 is 1.39 bits per heavy atom. The minimum absolute atomic E-state index is 0.00161. The lowest BCUT2D eigenvalue weighted by Crippen LogP contribution is -2.52. The average Bonchev–Trinajstić information content (AvgIpc) is 2.84. The summed E-state index contributed by atoms with van der Waals surface area (Å²) in [5, 5.41) is 9.96. The molecular weight excluding hydrogens is 490 g/mol. The Labute approximate surface area is 226 Å². The molecule has 0 amide bonds. The SMILES string of the molecule is CCC(C)C(=O)O[C@@H](C)CC(N)(Cc1ccc(OC(=O)C(C)(C)CC)c(OC(=O)C(C)(C)CC)c1)C(=O)O. The summed E-state index contributed by atoms with van der Waals surface area (Å²) in [5.41, 5.74) is 3.42. The Morgan fingerprint density at radius 3 is 1.84 bits per heavy atom. The van der Waals surface area contributed by atoms with Crippen molar-refractivity contribution in [3.8, 4) is 11.5 Å². The van der Waals surface area contributed by atoms with Crippen LogP contribution in [-0.4, -0.2) is 40.6 Å². The molecule has 0 bridgehead atoms. The van der Waals surface area contributed by atoms with Gasteiger partial charge in [-0.1, -0.05) is 33.8 Å². The van der Waals surface area contributed by atoms with Crippen LogP contribution in [0.3, 0.4) is 0 Å². The molecule has 0 aliphatic carbocycles. The van der Waals surface area contributed by atoms with E-state index in [0.29, 0.717) is 24.8 Å². The Kier molecular flexibility index (Phi) is 11.5. The highest BCUT2D eigenvalue weighted by Crippen LogP contribution is 2.35. The molecule has 1 aromatic carbocycles. The van der Waals surface area contributed by atoms with Crippen LogP contribution in [-0.2, 0) is 30.3 Å². The summed E-state index contributed by atoms with van der Waals surface area (Å²) >= 11 is 0. The second-order valence-electron chi connectivity index (χ2n) is 11.4. The molecule has 38 heavy (non-hydrogen) atoms. The minimum Gasteiger partial charge on any atom is -0.480 e. The van der Waals surface area contributed by atoms with E-state index in [1.165, 1.54) is 12.1 Å². The van der Waals surface area contributed by atoms with Crippen molar-refractivity contribution in [1.82, 2.24) is 0 Å². The normalized spacial score (nSPS) is 15.1. The van der Waals surface area contributed by atoms with Gasteiger partial charge in [-0.25, -0.2) is 0 Å². The highest BCUT2D eigenvalue weighted by molar-refractivity contribution is 5.82. The Hall–Kier alpha value is -2.94. The highest BCUT2D eigenvalue weighted by Gasteiger charge is 2.38. The van der Waals surface area contributed by atoms with E-state index in [1.54, 1.807) is 47.6 Å². The molecule has 0 aliphatic heterocycles. The molecule has 0 heterocycles. The van der Waals surface area contributed by atoms with Gasteiger partial charge >= 0.3 is 23.9 Å². The maximum Gasteiger partial charge on any atom is 0.324 e. The van der Waals surface area contributed by atoms with E-state index >= 15 is 0 Å². The van der Waals surface area contributed by atoms with Crippen LogP contribution in [0.5, 0.6) is 11.5 Å². The number of carboxylic acid groups (broad SMARTS) is 1. The second kappa shape index (κ2) is 13.2. The molecule has 0 fully saturated rings. The molecule has 0 spiro atoms. The zero-order valence-electron chi connectivity index (χ0n) is 24.3. The molecule has 0 aromatic heterocycles. The quantitative estimate of drug-likeness (QED) is 0.247. The van der Waals surface area contributed by atoms with Gasteiger partial charge in [0, 0.05) is 12.8 Å². The van der Waals surface area contributed by atoms with Crippen LogP contribution in [0.4, 0.5) is 0 Å². The number of hydrogen-bond acceptors (Lipinski definition) is 8. The van der Waals surface area contributed by atoms with Crippen molar-refractivity contribution in [3.05, 3.63) is 23.8 Å². The number of aliphatic carboxylic acids is 1. The van der Waals surface area contributed by atoms with Crippen molar-refractivity contribution < 1.29 is 38.5 Å². The number of carbonyl (C=O) groups is 4. The number of hydrogen-bond donors (Lipinski definition) is 2. The standard InChI is InChI=1S/C29H45NO8/c1-10-18(4)23(31)36-19(5)16-29(30,24(32)33)17-20-13-14-21(37-25(34)27(6,7)11-2)22(15-20)38-26(35)28(8,9)12-3/h13-15,18-19H,10-12,16-17,30H2,1-9H3,(H,32,33)/t18?,19-,29?/m0/s1. The molecule has 1 rings (SSSR count). The largest absolute Gasteiger partial charge is 0.480 e. The van der Waals surface area contributed by atoms with Crippen molar-refractivity contribution in [3.63, 3.8) is 0 Å². The van der Waals surface area contributed by atoms with Gasteiger partial charge < -0.3 is 25.1 Å². The lowest BCUT2D eigenvalue weighted by atomic mass is 9.86. The smallest absolute Gasteiger partial charge is 0.324 e. The van der Waals surface area contributed by atoms with Crippen molar-refractivity contribution in [1.29, 1.82) is 0 Å². The van der Waals surface area contributed by atoms with Gasteiger partial charge in [0.25, 0.3) is 0 Å². The number of carbonyl (C=O) groups excluding carboxylic acids is 3. The molecule has 3 atom stereocenters. The predicted octanol–water partition coefficient (Wildman–Crippen LogP) is 5.06. The fraction of sp³-hybridized carbons (Fsp3) is 0.655. The van der Waals surface area contributed by atoms with Crippen LogP contribution in [0.15, 0.2) is 18.2 Å². The zero-order valence-corrected chi connectivity index (χ0v) is 24.3. The predicted molar refractivity (Wildman–Crippen MR) is 144 cm³/mol. The summed E-state index contributed by atoms with van der Waals surface area (Å²) in [5.74, 6) is -2.96. The lowest BCUT2D eigenvalue weighted by Gasteiger charge is -2.29. The highest BCUT2D eigenvalue weighted by atomic mass is 16.6. The fourth-order valence-electron chi connectivity index (χ4n) is 3.23. The molecule has 0 saturated heterocycles. The molecular formula is C29H45NO8. The van der Waals surface area contributed by atoms with Crippen LogP contribution in [0.25, 0.3) is 0 Å². The summed E-state index contributed by atoms with van der Waals surface area (Å²) in [6.07, 6.45) is 0.628. The van der Waals surface area contributed by atoms with Gasteiger partial charge in [-0.15, -0.1) is 0 Å². The van der Waals surface area contributed by atoms with Gasteiger partial charge in [0.1, 0.15) is 11.6 Å².